The molecule has 3 aliphatic rings. The lowest BCUT2D eigenvalue weighted by molar-refractivity contribution is 0.0218. The Hall–Kier alpha value is -3.86. The van der Waals surface area contributed by atoms with E-state index in [1.54, 1.807) is 11.1 Å². The fraction of sp³-hybridized carbons (Fsp3) is 0.455. The third kappa shape index (κ3) is 6.13. The Morgan fingerprint density at radius 1 is 1.02 bits per heavy atom. The first kappa shape index (κ1) is 29.2. The number of ether oxygens (including phenoxy) is 1. The Morgan fingerprint density at radius 2 is 1.74 bits per heavy atom. The highest BCUT2D eigenvalue weighted by atomic mass is 16.6. The summed E-state index contributed by atoms with van der Waals surface area (Å²) in [5, 5.41) is 24.1. The molecule has 10 nitrogen and oxygen atoms in total. The van der Waals surface area contributed by atoms with Crippen LogP contribution in [0.3, 0.4) is 0 Å². The van der Waals surface area contributed by atoms with Crippen molar-refractivity contribution in [2.24, 2.45) is 9.98 Å². The normalized spacial score (nSPS) is 20.4. The van der Waals surface area contributed by atoms with E-state index in [1.165, 1.54) is 0 Å². The van der Waals surface area contributed by atoms with E-state index in [9.17, 15) is 15.0 Å². The smallest absolute Gasteiger partial charge is 0.410 e. The SMILES string of the molecule is CC(C)(C)OC(=O)N1CCC[C@@H]1c1ncc(-c2ccc(-c3ccc(C4=NC([C@@H]5CCCN5)=NC4)cc3CO)c(CO)c2)[nH]1. The molecule has 1 aromatic heterocycles. The summed E-state index contributed by atoms with van der Waals surface area (Å²) < 4.78 is 5.62. The van der Waals surface area contributed by atoms with E-state index in [2.05, 4.69) is 20.3 Å². The minimum atomic E-state index is -0.563. The van der Waals surface area contributed by atoms with E-state index < -0.39 is 5.60 Å². The van der Waals surface area contributed by atoms with Crippen molar-refractivity contribution in [2.75, 3.05) is 19.6 Å². The minimum Gasteiger partial charge on any atom is -0.444 e. The zero-order chi connectivity index (χ0) is 30.1. The van der Waals surface area contributed by atoms with Gasteiger partial charge >= 0.3 is 6.09 Å². The lowest BCUT2D eigenvalue weighted by Crippen LogP contribution is -2.36. The maximum Gasteiger partial charge on any atom is 0.410 e. The molecule has 0 saturated carbocycles. The maximum absolute atomic E-state index is 12.8. The largest absolute Gasteiger partial charge is 0.444 e. The second kappa shape index (κ2) is 12.0. The van der Waals surface area contributed by atoms with Gasteiger partial charge in [-0.25, -0.2) is 14.8 Å². The third-order valence-electron chi connectivity index (χ3n) is 8.29. The quantitative estimate of drug-likeness (QED) is 0.317. The van der Waals surface area contributed by atoms with Crippen LogP contribution in [-0.2, 0) is 18.0 Å². The third-order valence-corrected chi connectivity index (χ3v) is 8.29. The number of likely N-dealkylation sites (tertiary alicyclic amines) is 1. The summed E-state index contributed by atoms with van der Waals surface area (Å²) in [6, 6.07) is 11.9. The molecule has 10 heteroatoms. The number of benzene rings is 2. The van der Waals surface area contributed by atoms with Crippen LogP contribution >= 0.6 is 0 Å². The van der Waals surface area contributed by atoms with Gasteiger partial charge in [0.2, 0.25) is 0 Å². The van der Waals surface area contributed by atoms with E-state index >= 15 is 0 Å². The van der Waals surface area contributed by atoms with Gasteiger partial charge in [-0.1, -0.05) is 24.3 Å². The Bertz CT molecular complexity index is 1560. The molecule has 2 aromatic carbocycles. The topological polar surface area (TPSA) is 135 Å². The monoisotopic (exact) mass is 584 g/mol. The number of aliphatic hydroxyl groups is 2. The number of aliphatic imine (C=N–C) groups is 2. The van der Waals surface area contributed by atoms with Gasteiger partial charge in [-0.3, -0.25) is 9.89 Å². The van der Waals surface area contributed by atoms with Crippen molar-refractivity contribution >= 4 is 17.6 Å². The van der Waals surface area contributed by atoms with E-state index in [1.807, 2.05) is 57.2 Å². The summed E-state index contributed by atoms with van der Waals surface area (Å²) in [6.45, 7) is 7.46. The maximum atomic E-state index is 12.8. The van der Waals surface area contributed by atoms with E-state index in [-0.39, 0.29) is 31.4 Å². The van der Waals surface area contributed by atoms with Crippen LogP contribution in [0.15, 0.2) is 52.6 Å². The van der Waals surface area contributed by atoms with Gasteiger partial charge in [0.1, 0.15) is 17.3 Å². The number of hydrogen-bond donors (Lipinski definition) is 4. The number of amidine groups is 1. The number of nitrogens with one attached hydrogen (secondary N) is 2. The van der Waals surface area contributed by atoms with E-state index in [0.717, 1.165) is 88.7 Å². The number of rotatable bonds is 7. The Kier molecular flexibility index (Phi) is 8.17. The molecule has 0 radical (unpaired) electrons. The summed E-state index contributed by atoms with van der Waals surface area (Å²) in [4.78, 5) is 32.0. The zero-order valence-corrected chi connectivity index (χ0v) is 25.1. The van der Waals surface area contributed by atoms with E-state index in [4.69, 9.17) is 9.73 Å². The van der Waals surface area contributed by atoms with Crippen LogP contribution in [0.25, 0.3) is 22.4 Å². The number of aromatic nitrogens is 2. The summed E-state index contributed by atoms with van der Waals surface area (Å²) in [5.74, 6) is 1.59. The molecule has 3 aliphatic heterocycles. The van der Waals surface area contributed by atoms with Crippen LogP contribution in [0.5, 0.6) is 0 Å². The van der Waals surface area contributed by atoms with E-state index in [0.29, 0.717) is 13.1 Å². The Balaban J connectivity index is 1.23. The summed E-state index contributed by atoms with van der Waals surface area (Å²) in [7, 11) is 0. The van der Waals surface area contributed by atoms with Crippen LogP contribution in [0.4, 0.5) is 4.79 Å². The van der Waals surface area contributed by atoms with Crippen molar-refractivity contribution in [3.63, 3.8) is 0 Å². The second-order valence-electron chi connectivity index (χ2n) is 12.5. The number of hydrogen-bond acceptors (Lipinski definition) is 8. The molecule has 0 aliphatic carbocycles. The average molecular weight is 585 g/mol. The highest BCUT2D eigenvalue weighted by molar-refractivity contribution is 6.14. The zero-order valence-electron chi connectivity index (χ0n) is 25.1. The first-order valence-electron chi connectivity index (χ1n) is 15.1. The fourth-order valence-electron chi connectivity index (χ4n) is 6.18. The molecule has 0 spiro atoms. The van der Waals surface area contributed by atoms with Crippen molar-refractivity contribution in [3.8, 4) is 22.4 Å². The van der Waals surface area contributed by atoms with Crippen LogP contribution in [0.1, 0.15) is 75.0 Å². The molecule has 3 aromatic rings. The van der Waals surface area contributed by atoms with Gasteiger partial charge in [0.15, 0.2) is 0 Å². The predicted molar refractivity (Wildman–Crippen MR) is 166 cm³/mol. The van der Waals surface area contributed by atoms with Gasteiger partial charge in [-0.2, -0.15) is 0 Å². The fourth-order valence-corrected chi connectivity index (χ4v) is 6.18. The molecule has 2 saturated heterocycles. The number of nitrogens with zero attached hydrogens (tertiary/aromatic N) is 4. The van der Waals surface area contributed by atoms with Crippen molar-refractivity contribution in [1.29, 1.82) is 0 Å². The van der Waals surface area contributed by atoms with Gasteiger partial charge in [0.25, 0.3) is 0 Å². The van der Waals surface area contributed by atoms with Gasteiger partial charge in [-0.05, 0) is 98.5 Å². The predicted octanol–water partition coefficient (Wildman–Crippen LogP) is 4.75. The average Bonchev–Trinajstić information content (AvgIpc) is 3.81. The Morgan fingerprint density at radius 3 is 2.42 bits per heavy atom. The molecule has 2 fully saturated rings. The number of carbonyl (C=O) groups excluding carboxylic acids is 1. The molecule has 4 heterocycles. The molecule has 0 bridgehead atoms. The molecule has 2 atom stereocenters. The summed E-state index contributed by atoms with van der Waals surface area (Å²) >= 11 is 0. The highest BCUT2D eigenvalue weighted by Crippen LogP contribution is 2.35. The molecule has 1 amide bonds. The van der Waals surface area contributed by atoms with Gasteiger partial charge in [-0.15, -0.1) is 0 Å². The molecule has 226 valence electrons. The van der Waals surface area contributed by atoms with Crippen molar-refractivity contribution in [3.05, 3.63) is 65.1 Å². The molecule has 6 rings (SSSR count). The summed E-state index contributed by atoms with van der Waals surface area (Å²) in [5.41, 5.74) is 6.20. The van der Waals surface area contributed by atoms with Crippen LogP contribution in [0.2, 0.25) is 0 Å². The van der Waals surface area contributed by atoms with Gasteiger partial charge in [0.05, 0.1) is 49.4 Å². The highest BCUT2D eigenvalue weighted by Gasteiger charge is 2.35. The van der Waals surface area contributed by atoms with Crippen LogP contribution < -0.4 is 5.32 Å². The number of carbonyl (C=O) groups is 1. The second-order valence-corrected chi connectivity index (χ2v) is 12.5. The van der Waals surface area contributed by atoms with Crippen molar-refractivity contribution in [2.45, 2.75) is 77.4 Å². The lowest BCUT2D eigenvalue weighted by atomic mass is 9.92. The minimum absolute atomic E-state index is 0.138. The number of aliphatic hydroxyl groups excluding tert-OH is 2. The molecular formula is C33H40N6O4. The van der Waals surface area contributed by atoms with Crippen LogP contribution in [-0.4, -0.2) is 74.0 Å². The van der Waals surface area contributed by atoms with Gasteiger partial charge in [0, 0.05) is 6.54 Å². The molecule has 4 N–H and O–H groups in total. The Labute approximate surface area is 251 Å². The van der Waals surface area contributed by atoms with Gasteiger partial charge < -0.3 is 25.3 Å². The van der Waals surface area contributed by atoms with Crippen molar-refractivity contribution in [1.82, 2.24) is 20.2 Å². The standard InChI is InChI=1S/C33H40N6O4/c1-33(2,3)43-32(42)39-13-5-7-29(39)31-36-17-28(38-31)21-9-11-25(23(15-21)19-41)24-10-8-20(14-22(24)18-40)27-16-35-30(37-27)26-6-4-12-34-26/h8-11,14-15,17,26,29,34,40-41H,4-7,12-13,16,18-19H2,1-3H3,(H,36,38)/t26-,29+/m0/s1. The molecule has 43 heavy (non-hydrogen) atoms. The first-order valence-corrected chi connectivity index (χ1v) is 15.1. The number of H-pyrrole nitrogens is 1. The van der Waals surface area contributed by atoms with Crippen molar-refractivity contribution < 1.29 is 19.7 Å². The molecule has 0 unspecified atom stereocenters. The number of imidazole rings is 1. The lowest BCUT2D eigenvalue weighted by Gasteiger charge is -2.27. The van der Waals surface area contributed by atoms with Crippen LogP contribution in [0, 0.1) is 0 Å². The number of aromatic amines is 1. The number of amides is 1. The molecular weight excluding hydrogens is 544 g/mol. The summed E-state index contributed by atoms with van der Waals surface area (Å²) in [6.07, 6.45) is 5.33. The first-order chi connectivity index (χ1) is 20.7.